The highest BCUT2D eigenvalue weighted by atomic mass is 16.4. The highest BCUT2D eigenvalue weighted by Gasteiger charge is 2.45. The highest BCUT2D eigenvalue weighted by Crippen LogP contribution is 2.46. The van der Waals surface area contributed by atoms with Crippen LogP contribution in [0.3, 0.4) is 0 Å². The van der Waals surface area contributed by atoms with Gasteiger partial charge in [0.1, 0.15) is 5.82 Å². The number of aliphatic carboxylic acids is 1. The van der Waals surface area contributed by atoms with E-state index in [4.69, 9.17) is 10.7 Å². The minimum absolute atomic E-state index is 0.0849. The van der Waals surface area contributed by atoms with Crippen molar-refractivity contribution in [1.82, 2.24) is 9.97 Å². The summed E-state index contributed by atoms with van der Waals surface area (Å²) in [4.78, 5) is 21.4. The molecule has 286 valence electrons. The van der Waals surface area contributed by atoms with Gasteiger partial charge in [0.05, 0.1) is 23.7 Å². The van der Waals surface area contributed by atoms with Crippen LogP contribution in [0.2, 0.25) is 0 Å². The van der Waals surface area contributed by atoms with Crippen LogP contribution in [0.4, 0.5) is 5.82 Å². The fourth-order valence-electron chi connectivity index (χ4n) is 8.90. The number of aliphatic hydroxyl groups is 4. The number of nitrogens with zero attached hydrogens (tertiary/aromatic N) is 2. The first-order chi connectivity index (χ1) is 24.5. The Labute approximate surface area is 306 Å². The fourth-order valence-corrected chi connectivity index (χ4v) is 8.90. The molecule has 2 aromatic heterocycles. The van der Waals surface area contributed by atoms with Crippen LogP contribution in [0.1, 0.15) is 133 Å². The van der Waals surface area contributed by atoms with E-state index in [9.17, 15) is 30.3 Å². The number of carboxylic acid groups (broad SMARTS) is 1. The number of rotatable bonds is 23. The molecule has 8 atom stereocenters. The van der Waals surface area contributed by atoms with Crippen molar-refractivity contribution >= 4 is 11.8 Å². The van der Waals surface area contributed by atoms with Crippen molar-refractivity contribution < 1.29 is 30.3 Å². The number of nitrogen functional groups attached to an aromatic ring is 1. The Kier molecular flexibility index (Phi) is 16.5. The molecule has 0 aromatic carbocycles. The maximum absolute atomic E-state index is 12.3. The number of anilines is 1. The van der Waals surface area contributed by atoms with Crippen LogP contribution in [-0.4, -0.2) is 60.9 Å². The van der Waals surface area contributed by atoms with Gasteiger partial charge in [-0.25, -0.2) is 4.98 Å². The number of unbranched alkanes of at least 4 members (excludes halogenated alkanes) is 4. The Morgan fingerprint density at radius 2 is 1.84 bits per heavy atom. The summed E-state index contributed by atoms with van der Waals surface area (Å²) in [6.45, 7) is 4.43. The highest BCUT2D eigenvalue weighted by molar-refractivity contribution is 5.70. The Bertz CT molecular complexity index is 1360. The number of hydrogen-bond acceptors (Lipinski definition) is 7. The maximum atomic E-state index is 12.3. The topological polar surface area (TPSA) is 171 Å². The molecule has 9 nitrogen and oxygen atoms in total. The van der Waals surface area contributed by atoms with Crippen molar-refractivity contribution in [3.63, 3.8) is 0 Å². The van der Waals surface area contributed by atoms with Gasteiger partial charge in [-0.3, -0.25) is 4.79 Å². The first-order valence-electron chi connectivity index (χ1n) is 20.0. The quantitative estimate of drug-likeness (QED) is 0.0551. The molecule has 0 amide bonds. The molecule has 2 aliphatic rings. The van der Waals surface area contributed by atoms with Gasteiger partial charge in [0.2, 0.25) is 0 Å². The zero-order chi connectivity index (χ0) is 36.8. The van der Waals surface area contributed by atoms with Crippen LogP contribution < -0.4 is 10.7 Å². The zero-order valence-corrected chi connectivity index (χ0v) is 31.3. The number of aliphatic hydroxyl groups excluding tert-OH is 3. The van der Waals surface area contributed by atoms with E-state index in [0.717, 1.165) is 74.7 Å². The first-order valence-corrected chi connectivity index (χ1v) is 20.0. The van der Waals surface area contributed by atoms with Crippen molar-refractivity contribution in [2.45, 2.75) is 154 Å². The average Bonchev–Trinajstić information content (AvgIpc) is 3.63. The molecule has 0 aliphatic heterocycles. The van der Waals surface area contributed by atoms with Gasteiger partial charge >= 0.3 is 5.97 Å². The second-order valence-electron chi connectivity index (χ2n) is 15.8. The molecule has 0 bridgehead atoms. The number of pyridine rings is 1. The molecule has 2 aromatic rings. The van der Waals surface area contributed by atoms with Crippen LogP contribution in [0.5, 0.6) is 0 Å². The predicted molar refractivity (Wildman–Crippen MR) is 202 cm³/mol. The van der Waals surface area contributed by atoms with Crippen molar-refractivity contribution in [2.75, 3.05) is 12.3 Å². The van der Waals surface area contributed by atoms with Crippen molar-refractivity contribution in [2.24, 2.45) is 29.6 Å². The Balaban J connectivity index is 1.32. The first kappa shape index (κ1) is 41.0. The summed E-state index contributed by atoms with van der Waals surface area (Å²) in [6, 6.07) is 5.98. The third-order valence-electron chi connectivity index (χ3n) is 11.8. The van der Waals surface area contributed by atoms with Crippen LogP contribution >= 0.6 is 0 Å². The van der Waals surface area contributed by atoms with E-state index in [1.54, 1.807) is 6.20 Å². The molecule has 9 heteroatoms. The fraction of sp³-hybridized carbons (Fsp3) is 0.714. The molecule has 0 unspecified atom stereocenters. The normalized spacial score (nSPS) is 26.0. The number of carboxylic acids is 1. The van der Waals surface area contributed by atoms with Gasteiger partial charge in [-0.2, -0.15) is 11.4 Å². The monoisotopic (exact) mass is 708 g/mol. The van der Waals surface area contributed by atoms with Crippen molar-refractivity contribution in [3.8, 4) is 0 Å². The minimum atomic E-state index is -1.06. The molecule has 0 radical (unpaired) electrons. The van der Waals surface area contributed by atoms with Gasteiger partial charge in [0.25, 0.3) is 0 Å². The van der Waals surface area contributed by atoms with Crippen LogP contribution in [0, 0.1) is 29.6 Å². The Morgan fingerprint density at radius 1 is 1.04 bits per heavy atom. The number of carbonyl (C=O) groups is 1. The van der Waals surface area contributed by atoms with E-state index in [1.807, 2.05) is 12.1 Å². The number of aromatic nitrogens is 2. The number of nitrogens with two attached hydrogens (primary N) is 1. The molecular weight excluding hydrogens is 642 g/mol. The second kappa shape index (κ2) is 20.5. The van der Waals surface area contributed by atoms with E-state index in [2.05, 4.69) is 37.0 Å². The summed E-state index contributed by atoms with van der Waals surface area (Å²) in [5.41, 5.74) is 9.12. The van der Waals surface area contributed by atoms with Crippen molar-refractivity contribution in [1.29, 1.82) is 0 Å². The standard InChI is InChI=1S/C42H66N3O6/c1-3-5-7-11-29-15-16-33(39(48)24-29)12-8-6-9-13-36(41(49)50)38(47)17-19-42(51)28-31(22-30-18-20-44-40(43)25-30)23-34(42)27-35-26-32(4-2)37(45-35)14-10-21-46/h15-16,18,20,25-26,29,31,33-34,36,38-39,46-48,51H,3-14,17,19,21-24,27-28H2,1-2H3,(H2,43,44)(H,49,50)/q-1/t29-,31-,33-,34+,36+,38-,39-,42+/m1/s1. The van der Waals surface area contributed by atoms with Crippen LogP contribution in [-0.2, 0) is 30.5 Å². The van der Waals surface area contributed by atoms with E-state index in [1.165, 1.54) is 24.8 Å². The summed E-state index contributed by atoms with van der Waals surface area (Å²) in [5.74, 6) is -0.650. The molecule has 1 fully saturated rings. The minimum Gasteiger partial charge on any atom is -0.664 e. The molecule has 2 aliphatic carbocycles. The molecule has 1 saturated carbocycles. The summed E-state index contributed by atoms with van der Waals surface area (Å²) >= 11 is 0. The number of hydrogen-bond donors (Lipinski definition) is 6. The van der Waals surface area contributed by atoms with Gasteiger partial charge in [-0.1, -0.05) is 76.2 Å². The van der Waals surface area contributed by atoms with Gasteiger partial charge in [-0.15, -0.1) is 0 Å². The smallest absolute Gasteiger partial charge is 0.309 e. The second-order valence-corrected chi connectivity index (χ2v) is 15.8. The predicted octanol–water partition coefficient (Wildman–Crippen LogP) is 6.58. The van der Waals surface area contributed by atoms with Gasteiger partial charge in [0, 0.05) is 18.7 Å². The molecule has 0 saturated heterocycles. The molecule has 4 rings (SSSR count). The number of allylic oxidation sites excluding steroid dienone is 1. The molecule has 0 spiro atoms. The number of aryl methyl sites for hydroxylation is 2. The lowest BCUT2D eigenvalue weighted by Crippen LogP contribution is -2.37. The molecule has 51 heavy (non-hydrogen) atoms. The van der Waals surface area contributed by atoms with Gasteiger partial charge < -0.3 is 36.3 Å². The SMILES string of the molecule is CCCCC[C@@H]1C=C[C@@H](CCCCC[C@H](C(=O)O)[C@H](O)CC[C@]2(O)C[C@H](Cc3ccnc(N)c3)C[C@H]2Cc2cc(CC)c(CCCO)[n-]2)[C@H](O)C1. The summed E-state index contributed by atoms with van der Waals surface area (Å²) in [6.07, 6.45) is 19.7. The zero-order valence-electron chi connectivity index (χ0n) is 31.3. The lowest BCUT2D eigenvalue weighted by Gasteiger charge is -2.33. The van der Waals surface area contributed by atoms with E-state index in [0.29, 0.717) is 50.3 Å². The third-order valence-corrected chi connectivity index (χ3v) is 11.8. The Morgan fingerprint density at radius 3 is 2.55 bits per heavy atom. The summed E-state index contributed by atoms with van der Waals surface area (Å²) in [5, 5.41) is 53.6. The third kappa shape index (κ3) is 12.4. The van der Waals surface area contributed by atoms with Crippen LogP contribution in [0.15, 0.2) is 36.5 Å². The lowest BCUT2D eigenvalue weighted by molar-refractivity contribution is -0.146. The van der Waals surface area contributed by atoms with E-state index < -0.39 is 23.6 Å². The van der Waals surface area contributed by atoms with E-state index in [-0.39, 0.29) is 36.9 Å². The molecular formula is C42H66N3O6-. The van der Waals surface area contributed by atoms with Crippen LogP contribution in [0.25, 0.3) is 0 Å². The lowest BCUT2D eigenvalue weighted by atomic mass is 9.80. The molecule has 7 N–H and O–H groups in total. The van der Waals surface area contributed by atoms with Crippen molar-refractivity contribution in [3.05, 3.63) is 59.1 Å². The van der Waals surface area contributed by atoms with Gasteiger partial charge in [-0.05, 0) is 119 Å². The summed E-state index contributed by atoms with van der Waals surface area (Å²) in [7, 11) is 0. The molecule has 2 heterocycles. The maximum Gasteiger partial charge on any atom is 0.309 e. The Hall–Kier alpha value is -2.72. The van der Waals surface area contributed by atoms with Gasteiger partial charge in [0.15, 0.2) is 0 Å². The largest absolute Gasteiger partial charge is 0.664 e. The average molecular weight is 709 g/mol. The summed E-state index contributed by atoms with van der Waals surface area (Å²) < 4.78 is 0. The van der Waals surface area contributed by atoms with E-state index >= 15 is 0 Å².